The van der Waals surface area contributed by atoms with Crippen LogP contribution in [0.1, 0.15) is 28.4 Å². The van der Waals surface area contributed by atoms with Gasteiger partial charge in [0.05, 0.1) is 5.56 Å². The lowest BCUT2D eigenvalue weighted by Gasteiger charge is -2.24. The van der Waals surface area contributed by atoms with E-state index in [1.54, 1.807) is 24.3 Å². The van der Waals surface area contributed by atoms with Crippen molar-refractivity contribution in [2.24, 2.45) is 0 Å². The predicted octanol–water partition coefficient (Wildman–Crippen LogP) is 5.00. The fraction of sp³-hybridized carbons (Fsp3) is 0.174. The first-order chi connectivity index (χ1) is 13.1. The van der Waals surface area contributed by atoms with Crippen LogP contribution in [0.5, 0.6) is 5.75 Å². The average Bonchev–Trinajstić information content (AvgIpc) is 3.03. The number of rotatable bonds is 4. The Kier molecular flexibility index (Phi) is 4.63. The van der Waals surface area contributed by atoms with Crippen LogP contribution in [0.4, 0.5) is 10.1 Å². The highest BCUT2D eigenvalue weighted by molar-refractivity contribution is 6.09. The minimum atomic E-state index is -0.281. The average molecular weight is 361 g/mol. The van der Waals surface area contributed by atoms with Crippen molar-refractivity contribution in [3.8, 4) is 5.75 Å². The quantitative estimate of drug-likeness (QED) is 0.655. The summed E-state index contributed by atoms with van der Waals surface area (Å²) in [6.45, 7) is 2.33. The second-order valence-corrected chi connectivity index (χ2v) is 6.77. The Hall–Kier alpha value is -3.14. The van der Waals surface area contributed by atoms with Gasteiger partial charge >= 0.3 is 0 Å². The molecule has 1 unspecified atom stereocenters. The molecule has 136 valence electrons. The monoisotopic (exact) mass is 361 g/mol. The molecule has 0 saturated carbocycles. The summed E-state index contributed by atoms with van der Waals surface area (Å²) in [6, 6.07) is 21.5. The molecule has 0 aliphatic carbocycles. The lowest BCUT2D eigenvalue weighted by Crippen LogP contribution is -2.35. The van der Waals surface area contributed by atoms with Gasteiger partial charge in [0.1, 0.15) is 18.2 Å². The molecule has 4 heteroatoms. The highest BCUT2D eigenvalue weighted by atomic mass is 19.1. The highest BCUT2D eigenvalue weighted by Gasteiger charge is 2.32. The molecule has 3 aromatic carbocycles. The first kappa shape index (κ1) is 17.3. The number of ether oxygens (including phenoxy) is 1. The van der Waals surface area contributed by atoms with Crippen LogP contribution in [0.15, 0.2) is 72.8 Å². The van der Waals surface area contributed by atoms with Gasteiger partial charge in [0.15, 0.2) is 0 Å². The van der Waals surface area contributed by atoms with Crippen molar-refractivity contribution in [1.82, 2.24) is 0 Å². The van der Waals surface area contributed by atoms with E-state index in [-0.39, 0.29) is 24.4 Å². The summed E-state index contributed by atoms with van der Waals surface area (Å²) >= 11 is 0. The number of halogens is 1. The number of carbonyl (C=O) groups excluding carboxylic acids is 1. The van der Waals surface area contributed by atoms with Gasteiger partial charge in [0.25, 0.3) is 5.91 Å². The Morgan fingerprint density at radius 3 is 2.56 bits per heavy atom. The van der Waals surface area contributed by atoms with E-state index in [2.05, 4.69) is 13.0 Å². The van der Waals surface area contributed by atoms with Crippen molar-refractivity contribution < 1.29 is 13.9 Å². The minimum absolute atomic E-state index is 0.0674. The molecule has 0 aromatic heterocycles. The second kappa shape index (κ2) is 7.23. The van der Waals surface area contributed by atoms with Gasteiger partial charge in [-0.3, -0.25) is 4.79 Å². The van der Waals surface area contributed by atoms with Gasteiger partial charge in [-0.1, -0.05) is 42.5 Å². The number of fused-ring (bicyclic) bond motifs is 1. The summed E-state index contributed by atoms with van der Waals surface area (Å²) in [6.07, 6.45) is 0.848. The molecule has 4 rings (SSSR count). The van der Waals surface area contributed by atoms with Crippen molar-refractivity contribution in [3.63, 3.8) is 0 Å². The lowest BCUT2D eigenvalue weighted by molar-refractivity contribution is 0.0977. The smallest absolute Gasteiger partial charge is 0.262 e. The fourth-order valence-corrected chi connectivity index (χ4v) is 3.52. The van der Waals surface area contributed by atoms with Crippen LogP contribution >= 0.6 is 0 Å². The Morgan fingerprint density at radius 1 is 1.04 bits per heavy atom. The SMILES string of the molecule is CC1Cc2ccccc2N1C(=O)c1ccccc1OCc1ccc(F)cc1. The fourth-order valence-electron chi connectivity index (χ4n) is 3.52. The van der Waals surface area contributed by atoms with Gasteiger partial charge in [-0.2, -0.15) is 0 Å². The van der Waals surface area contributed by atoms with Gasteiger partial charge in [-0.15, -0.1) is 0 Å². The number of carbonyl (C=O) groups is 1. The van der Waals surface area contributed by atoms with Gasteiger partial charge < -0.3 is 9.64 Å². The predicted molar refractivity (Wildman–Crippen MR) is 104 cm³/mol. The number of amides is 1. The van der Waals surface area contributed by atoms with Gasteiger partial charge in [0, 0.05) is 11.7 Å². The van der Waals surface area contributed by atoms with Crippen molar-refractivity contribution in [1.29, 1.82) is 0 Å². The summed E-state index contributed by atoms with van der Waals surface area (Å²) in [4.78, 5) is 15.1. The Bertz CT molecular complexity index is 968. The van der Waals surface area contributed by atoms with E-state index in [9.17, 15) is 9.18 Å². The van der Waals surface area contributed by atoms with E-state index in [1.807, 2.05) is 35.2 Å². The third kappa shape index (κ3) is 3.43. The summed E-state index contributed by atoms with van der Waals surface area (Å²) in [5.74, 6) is 0.182. The standard InChI is InChI=1S/C23H20FNO2/c1-16-14-18-6-2-4-8-21(18)25(16)23(26)20-7-3-5-9-22(20)27-15-17-10-12-19(24)13-11-17/h2-13,16H,14-15H2,1H3. The lowest BCUT2D eigenvalue weighted by atomic mass is 10.1. The van der Waals surface area contributed by atoms with Crippen LogP contribution < -0.4 is 9.64 Å². The molecule has 0 saturated heterocycles. The van der Waals surface area contributed by atoms with Crippen molar-refractivity contribution in [3.05, 3.63) is 95.3 Å². The molecule has 1 amide bonds. The van der Waals surface area contributed by atoms with E-state index < -0.39 is 0 Å². The van der Waals surface area contributed by atoms with Crippen LogP contribution in [0.25, 0.3) is 0 Å². The first-order valence-electron chi connectivity index (χ1n) is 9.01. The van der Waals surface area contributed by atoms with Crippen molar-refractivity contribution in [2.75, 3.05) is 4.90 Å². The number of nitrogens with zero attached hydrogens (tertiary/aromatic N) is 1. The molecule has 1 aliphatic rings. The molecule has 3 aromatic rings. The topological polar surface area (TPSA) is 29.5 Å². The van der Waals surface area contributed by atoms with Crippen LogP contribution in [0.2, 0.25) is 0 Å². The maximum atomic E-state index is 13.3. The molecule has 27 heavy (non-hydrogen) atoms. The molecule has 1 atom stereocenters. The number of hydrogen-bond acceptors (Lipinski definition) is 2. The molecular weight excluding hydrogens is 341 g/mol. The number of anilines is 1. The number of para-hydroxylation sites is 2. The summed E-state index contributed by atoms with van der Waals surface area (Å²) in [5, 5.41) is 0. The van der Waals surface area contributed by atoms with Crippen molar-refractivity contribution >= 4 is 11.6 Å². The van der Waals surface area contributed by atoms with Crippen molar-refractivity contribution in [2.45, 2.75) is 26.0 Å². The minimum Gasteiger partial charge on any atom is -0.488 e. The van der Waals surface area contributed by atoms with Gasteiger partial charge in [0.2, 0.25) is 0 Å². The number of hydrogen-bond donors (Lipinski definition) is 0. The Morgan fingerprint density at radius 2 is 1.74 bits per heavy atom. The van der Waals surface area contributed by atoms with E-state index in [0.29, 0.717) is 11.3 Å². The molecule has 0 spiro atoms. The largest absolute Gasteiger partial charge is 0.488 e. The molecule has 0 fully saturated rings. The van der Waals surface area contributed by atoms with Gasteiger partial charge in [-0.05, 0) is 54.8 Å². The Labute approximate surface area is 158 Å². The van der Waals surface area contributed by atoms with E-state index in [1.165, 1.54) is 17.7 Å². The third-order valence-electron chi connectivity index (χ3n) is 4.85. The summed E-state index contributed by atoms with van der Waals surface area (Å²) in [7, 11) is 0. The van der Waals surface area contributed by atoms with E-state index in [0.717, 1.165) is 17.7 Å². The van der Waals surface area contributed by atoms with E-state index in [4.69, 9.17) is 4.74 Å². The first-order valence-corrected chi connectivity index (χ1v) is 9.01. The van der Waals surface area contributed by atoms with Gasteiger partial charge in [-0.25, -0.2) is 4.39 Å². The molecular formula is C23H20FNO2. The summed E-state index contributed by atoms with van der Waals surface area (Å²) < 4.78 is 19.0. The highest BCUT2D eigenvalue weighted by Crippen LogP contribution is 2.34. The zero-order chi connectivity index (χ0) is 18.8. The van der Waals surface area contributed by atoms with Crippen LogP contribution in [0.3, 0.4) is 0 Å². The third-order valence-corrected chi connectivity index (χ3v) is 4.85. The molecule has 0 radical (unpaired) electrons. The molecule has 1 aliphatic heterocycles. The molecule has 1 heterocycles. The van der Waals surface area contributed by atoms with Crippen LogP contribution in [-0.2, 0) is 13.0 Å². The van der Waals surface area contributed by atoms with Crippen LogP contribution in [-0.4, -0.2) is 11.9 Å². The zero-order valence-corrected chi connectivity index (χ0v) is 15.1. The Balaban J connectivity index is 1.59. The molecule has 3 nitrogen and oxygen atoms in total. The summed E-state index contributed by atoms with van der Waals surface area (Å²) in [5.41, 5.74) is 3.52. The number of benzene rings is 3. The maximum Gasteiger partial charge on any atom is 0.262 e. The zero-order valence-electron chi connectivity index (χ0n) is 15.1. The maximum absolute atomic E-state index is 13.3. The van der Waals surface area contributed by atoms with Crippen LogP contribution in [0, 0.1) is 5.82 Å². The molecule has 0 N–H and O–H groups in total. The molecule has 0 bridgehead atoms. The second-order valence-electron chi connectivity index (χ2n) is 6.77. The van der Waals surface area contributed by atoms with E-state index >= 15 is 0 Å². The normalized spacial score (nSPS) is 15.5.